The molecule has 3 heteroatoms. The summed E-state index contributed by atoms with van der Waals surface area (Å²) in [5.41, 5.74) is 1.10. The van der Waals surface area contributed by atoms with Gasteiger partial charge in [-0.3, -0.25) is 0 Å². The van der Waals surface area contributed by atoms with Crippen molar-refractivity contribution >= 4 is 0 Å². The number of rotatable bonds is 6. The van der Waals surface area contributed by atoms with E-state index in [9.17, 15) is 0 Å². The summed E-state index contributed by atoms with van der Waals surface area (Å²) in [5, 5.41) is 0. The Balaban J connectivity index is 2.58. The molecule has 1 aromatic carbocycles. The van der Waals surface area contributed by atoms with Crippen LogP contribution >= 0.6 is 0 Å². The highest BCUT2D eigenvalue weighted by molar-refractivity contribution is 5.17. The highest BCUT2D eigenvalue weighted by Gasteiger charge is 2.10. The van der Waals surface area contributed by atoms with Crippen LogP contribution in [-0.2, 0) is 14.2 Å². The Bertz CT molecular complexity index is 236. The highest BCUT2D eigenvalue weighted by Crippen LogP contribution is 2.16. The van der Waals surface area contributed by atoms with Crippen LogP contribution in [0.3, 0.4) is 0 Å². The SMILES string of the molecule is COCO[C@H](COC)c1ccccc1. The molecule has 0 heterocycles. The zero-order valence-electron chi connectivity index (χ0n) is 8.60. The quantitative estimate of drug-likeness (QED) is 0.651. The average Bonchev–Trinajstić information content (AvgIpc) is 2.25. The second kappa shape index (κ2) is 6.54. The van der Waals surface area contributed by atoms with E-state index in [1.807, 2.05) is 30.3 Å². The zero-order chi connectivity index (χ0) is 10.2. The molecule has 0 spiro atoms. The van der Waals surface area contributed by atoms with E-state index in [2.05, 4.69) is 0 Å². The molecule has 1 aromatic rings. The van der Waals surface area contributed by atoms with Gasteiger partial charge in [-0.05, 0) is 5.56 Å². The lowest BCUT2D eigenvalue weighted by Crippen LogP contribution is -2.12. The minimum Gasteiger partial charge on any atom is -0.382 e. The predicted molar refractivity (Wildman–Crippen MR) is 54.0 cm³/mol. The van der Waals surface area contributed by atoms with Crippen molar-refractivity contribution in [3.63, 3.8) is 0 Å². The van der Waals surface area contributed by atoms with Gasteiger partial charge in [0.25, 0.3) is 0 Å². The molecule has 78 valence electrons. The number of benzene rings is 1. The fourth-order valence-electron chi connectivity index (χ4n) is 1.21. The normalized spacial score (nSPS) is 12.7. The standard InChI is InChI=1S/C11H16O3/c1-12-8-11(14-9-13-2)10-6-4-3-5-7-10/h3-7,11H,8-9H2,1-2H3/t11-/m1/s1. The summed E-state index contributed by atoms with van der Waals surface area (Å²) in [4.78, 5) is 0. The van der Waals surface area contributed by atoms with Crippen LogP contribution in [0.5, 0.6) is 0 Å². The van der Waals surface area contributed by atoms with Gasteiger partial charge in [-0.15, -0.1) is 0 Å². The maximum atomic E-state index is 5.47. The van der Waals surface area contributed by atoms with Crippen LogP contribution < -0.4 is 0 Å². The highest BCUT2D eigenvalue weighted by atomic mass is 16.7. The van der Waals surface area contributed by atoms with E-state index in [1.54, 1.807) is 14.2 Å². The van der Waals surface area contributed by atoms with Crippen molar-refractivity contribution in [2.45, 2.75) is 6.10 Å². The van der Waals surface area contributed by atoms with Gasteiger partial charge in [0.1, 0.15) is 12.9 Å². The van der Waals surface area contributed by atoms with Crippen LogP contribution in [0, 0.1) is 0 Å². The monoisotopic (exact) mass is 196 g/mol. The summed E-state index contributed by atoms with van der Waals surface area (Å²) < 4.78 is 15.4. The van der Waals surface area contributed by atoms with Gasteiger partial charge in [-0.2, -0.15) is 0 Å². The Morgan fingerprint density at radius 1 is 1.07 bits per heavy atom. The minimum atomic E-state index is -0.0545. The summed E-state index contributed by atoms with van der Waals surface area (Å²) in [6, 6.07) is 9.96. The molecule has 0 fully saturated rings. The first-order valence-corrected chi connectivity index (χ1v) is 4.53. The molecule has 0 aromatic heterocycles. The molecular weight excluding hydrogens is 180 g/mol. The number of methoxy groups -OCH3 is 2. The fourth-order valence-corrected chi connectivity index (χ4v) is 1.21. The Morgan fingerprint density at radius 3 is 2.36 bits per heavy atom. The lowest BCUT2D eigenvalue weighted by atomic mass is 10.1. The second-order valence-electron chi connectivity index (χ2n) is 2.93. The molecule has 0 saturated heterocycles. The lowest BCUT2D eigenvalue weighted by Gasteiger charge is -2.16. The zero-order valence-corrected chi connectivity index (χ0v) is 8.60. The van der Waals surface area contributed by atoms with Crippen LogP contribution in [0.2, 0.25) is 0 Å². The third kappa shape index (κ3) is 3.46. The van der Waals surface area contributed by atoms with Gasteiger partial charge in [-0.25, -0.2) is 0 Å². The molecule has 0 aliphatic heterocycles. The van der Waals surface area contributed by atoms with E-state index in [0.29, 0.717) is 6.61 Å². The molecule has 0 N–H and O–H groups in total. The Kier molecular flexibility index (Phi) is 5.22. The fraction of sp³-hybridized carbons (Fsp3) is 0.455. The first-order valence-electron chi connectivity index (χ1n) is 4.53. The third-order valence-corrected chi connectivity index (χ3v) is 1.88. The van der Waals surface area contributed by atoms with Crippen molar-refractivity contribution in [1.82, 2.24) is 0 Å². The van der Waals surface area contributed by atoms with E-state index in [1.165, 1.54) is 0 Å². The molecule has 14 heavy (non-hydrogen) atoms. The van der Waals surface area contributed by atoms with Crippen LogP contribution in [0.15, 0.2) is 30.3 Å². The maximum absolute atomic E-state index is 5.47. The van der Waals surface area contributed by atoms with E-state index < -0.39 is 0 Å². The maximum Gasteiger partial charge on any atom is 0.147 e. The molecule has 3 nitrogen and oxygen atoms in total. The van der Waals surface area contributed by atoms with E-state index in [0.717, 1.165) is 5.56 Å². The van der Waals surface area contributed by atoms with E-state index in [4.69, 9.17) is 14.2 Å². The van der Waals surface area contributed by atoms with Gasteiger partial charge in [-0.1, -0.05) is 30.3 Å². The van der Waals surface area contributed by atoms with Gasteiger partial charge >= 0.3 is 0 Å². The second-order valence-corrected chi connectivity index (χ2v) is 2.93. The lowest BCUT2D eigenvalue weighted by molar-refractivity contribution is -0.0938. The van der Waals surface area contributed by atoms with Gasteiger partial charge in [0.2, 0.25) is 0 Å². The van der Waals surface area contributed by atoms with Gasteiger partial charge < -0.3 is 14.2 Å². The summed E-state index contributed by atoms with van der Waals surface area (Å²) in [6.45, 7) is 0.816. The largest absolute Gasteiger partial charge is 0.382 e. The summed E-state index contributed by atoms with van der Waals surface area (Å²) in [6.07, 6.45) is -0.0545. The van der Waals surface area contributed by atoms with Gasteiger partial charge in [0.05, 0.1) is 6.61 Å². The molecule has 0 unspecified atom stereocenters. The smallest absolute Gasteiger partial charge is 0.147 e. The van der Waals surface area contributed by atoms with Crippen molar-refractivity contribution in [2.75, 3.05) is 27.6 Å². The summed E-state index contributed by atoms with van der Waals surface area (Å²) >= 11 is 0. The summed E-state index contributed by atoms with van der Waals surface area (Å²) in [7, 11) is 3.26. The van der Waals surface area contributed by atoms with Crippen molar-refractivity contribution in [2.24, 2.45) is 0 Å². The Hall–Kier alpha value is -0.900. The molecule has 0 saturated carbocycles. The molecule has 0 aliphatic rings. The molecule has 0 bridgehead atoms. The van der Waals surface area contributed by atoms with Gasteiger partial charge in [0, 0.05) is 14.2 Å². The molecule has 0 aliphatic carbocycles. The van der Waals surface area contributed by atoms with Crippen LogP contribution in [0.1, 0.15) is 11.7 Å². The minimum absolute atomic E-state index is 0.0545. The summed E-state index contributed by atoms with van der Waals surface area (Å²) in [5.74, 6) is 0. The van der Waals surface area contributed by atoms with Crippen LogP contribution in [-0.4, -0.2) is 27.6 Å². The first kappa shape index (κ1) is 11.2. The first-order chi connectivity index (χ1) is 6.88. The third-order valence-electron chi connectivity index (χ3n) is 1.88. The van der Waals surface area contributed by atoms with Crippen LogP contribution in [0.25, 0.3) is 0 Å². The predicted octanol–water partition coefficient (Wildman–Crippen LogP) is 1.99. The average molecular weight is 196 g/mol. The van der Waals surface area contributed by atoms with Crippen LogP contribution in [0.4, 0.5) is 0 Å². The van der Waals surface area contributed by atoms with Crippen molar-refractivity contribution in [3.8, 4) is 0 Å². The molecule has 0 radical (unpaired) electrons. The topological polar surface area (TPSA) is 27.7 Å². The van der Waals surface area contributed by atoms with E-state index in [-0.39, 0.29) is 12.9 Å². The number of hydrogen-bond donors (Lipinski definition) is 0. The van der Waals surface area contributed by atoms with Crippen molar-refractivity contribution in [1.29, 1.82) is 0 Å². The Labute approximate surface area is 84.6 Å². The molecule has 1 rings (SSSR count). The molecule has 1 atom stereocenters. The van der Waals surface area contributed by atoms with Gasteiger partial charge in [0.15, 0.2) is 0 Å². The van der Waals surface area contributed by atoms with E-state index >= 15 is 0 Å². The van der Waals surface area contributed by atoms with Crippen molar-refractivity contribution < 1.29 is 14.2 Å². The molecule has 0 amide bonds. The molecular formula is C11H16O3. The Morgan fingerprint density at radius 2 is 1.79 bits per heavy atom. The number of hydrogen-bond acceptors (Lipinski definition) is 3. The van der Waals surface area contributed by atoms with Crippen molar-refractivity contribution in [3.05, 3.63) is 35.9 Å². The number of ether oxygens (including phenoxy) is 3.